The molecule has 1 N–H and O–H groups in total. The second-order valence-electron chi connectivity index (χ2n) is 9.02. The fourth-order valence-electron chi connectivity index (χ4n) is 6.45. The molecule has 4 saturated carbocycles. The van der Waals surface area contributed by atoms with Crippen molar-refractivity contribution < 1.29 is 4.79 Å². The predicted molar refractivity (Wildman–Crippen MR) is 93.4 cm³/mol. The van der Waals surface area contributed by atoms with Crippen LogP contribution in [0.4, 0.5) is 0 Å². The molecule has 3 nitrogen and oxygen atoms in total. The Morgan fingerprint density at radius 1 is 0.913 bits per heavy atom. The second-order valence-corrected chi connectivity index (χ2v) is 9.02. The average molecular weight is 319 g/mol. The predicted octanol–water partition coefficient (Wildman–Crippen LogP) is 3.24. The molecule has 1 heterocycles. The molecule has 4 aliphatic carbocycles. The van der Waals surface area contributed by atoms with Crippen LogP contribution in [-0.4, -0.2) is 43.4 Å². The van der Waals surface area contributed by atoms with Crippen LogP contribution < -0.4 is 5.32 Å². The summed E-state index contributed by atoms with van der Waals surface area (Å²) in [5.74, 6) is 3.35. The smallest absolute Gasteiger partial charge is 0.139 e. The van der Waals surface area contributed by atoms with Crippen LogP contribution in [0, 0.1) is 23.2 Å². The number of ketones is 1. The summed E-state index contributed by atoms with van der Waals surface area (Å²) in [4.78, 5) is 15.5. The molecular weight excluding hydrogens is 284 g/mol. The minimum absolute atomic E-state index is 0.146. The van der Waals surface area contributed by atoms with Gasteiger partial charge in [0.25, 0.3) is 0 Å². The highest BCUT2D eigenvalue weighted by atomic mass is 16.1. The summed E-state index contributed by atoms with van der Waals surface area (Å²) in [7, 11) is 0. The highest BCUT2D eigenvalue weighted by Crippen LogP contribution is 2.60. The lowest BCUT2D eigenvalue weighted by Gasteiger charge is -2.56. The number of piperazine rings is 1. The second kappa shape index (κ2) is 6.84. The molecule has 5 aliphatic rings. The van der Waals surface area contributed by atoms with Gasteiger partial charge in [0, 0.05) is 38.0 Å². The molecule has 0 amide bonds. The van der Waals surface area contributed by atoms with Gasteiger partial charge in [0.15, 0.2) is 0 Å². The SMILES string of the molecule is O=C(CCCCCN1CCNCC1)C12CC3CC(CC(C3)C1)C2. The first-order valence-corrected chi connectivity index (χ1v) is 10.2. The van der Waals surface area contributed by atoms with Crippen LogP contribution in [0.2, 0.25) is 0 Å². The van der Waals surface area contributed by atoms with Gasteiger partial charge in [-0.2, -0.15) is 0 Å². The van der Waals surface area contributed by atoms with Crippen molar-refractivity contribution in [2.75, 3.05) is 32.7 Å². The Morgan fingerprint density at radius 3 is 2.13 bits per heavy atom. The normalized spacial score (nSPS) is 39.7. The number of hydrogen-bond acceptors (Lipinski definition) is 3. The Morgan fingerprint density at radius 2 is 1.52 bits per heavy atom. The van der Waals surface area contributed by atoms with Crippen molar-refractivity contribution in [1.29, 1.82) is 0 Å². The zero-order valence-corrected chi connectivity index (χ0v) is 14.7. The molecule has 0 radical (unpaired) electrons. The van der Waals surface area contributed by atoms with E-state index in [9.17, 15) is 4.79 Å². The van der Waals surface area contributed by atoms with E-state index >= 15 is 0 Å². The van der Waals surface area contributed by atoms with Gasteiger partial charge in [0.05, 0.1) is 0 Å². The maximum atomic E-state index is 12.9. The van der Waals surface area contributed by atoms with E-state index in [2.05, 4.69) is 10.2 Å². The molecule has 0 spiro atoms. The third-order valence-corrected chi connectivity index (χ3v) is 7.22. The lowest BCUT2D eigenvalue weighted by Crippen LogP contribution is -2.49. The maximum Gasteiger partial charge on any atom is 0.139 e. The zero-order valence-electron chi connectivity index (χ0n) is 14.7. The standard InChI is InChI=1S/C20H34N2O/c23-19(4-2-1-3-7-22-8-5-21-6-9-22)20-13-16-10-17(14-20)12-18(11-16)15-20/h16-18,21H,1-15H2. The van der Waals surface area contributed by atoms with Crippen LogP contribution in [-0.2, 0) is 4.79 Å². The molecule has 5 fully saturated rings. The van der Waals surface area contributed by atoms with Crippen molar-refractivity contribution >= 4 is 5.78 Å². The number of carbonyl (C=O) groups is 1. The molecule has 0 aromatic rings. The number of nitrogens with zero attached hydrogens (tertiary/aromatic N) is 1. The van der Waals surface area contributed by atoms with Gasteiger partial charge >= 0.3 is 0 Å². The zero-order chi connectivity index (χ0) is 15.7. The molecule has 23 heavy (non-hydrogen) atoms. The lowest BCUT2D eigenvalue weighted by molar-refractivity contribution is -0.144. The summed E-state index contributed by atoms with van der Waals surface area (Å²) >= 11 is 0. The van der Waals surface area contributed by atoms with Crippen LogP contribution >= 0.6 is 0 Å². The molecule has 4 bridgehead atoms. The Kier molecular flexibility index (Phi) is 4.78. The third-order valence-electron chi connectivity index (χ3n) is 7.22. The van der Waals surface area contributed by atoms with Crippen LogP contribution in [0.25, 0.3) is 0 Å². The summed E-state index contributed by atoms with van der Waals surface area (Å²) in [6.07, 6.45) is 12.6. The fraction of sp³-hybridized carbons (Fsp3) is 0.950. The van der Waals surface area contributed by atoms with E-state index in [0.717, 1.165) is 43.7 Å². The topological polar surface area (TPSA) is 32.3 Å². The first-order valence-electron chi connectivity index (χ1n) is 10.2. The Labute approximate surface area is 141 Å². The van der Waals surface area contributed by atoms with Gasteiger partial charge in [-0.3, -0.25) is 4.79 Å². The Balaban J connectivity index is 1.18. The minimum Gasteiger partial charge on any atom is -0.314 e. The summed E-state index contributed by atoms with van der Waals surface area (Å²) < 4.78 is 0. The van der Waals surface area contributed by atoms with E-state index in [1.807, 2.05) is 0 Å². The first-order chi connectivity index (χ1) is 11.2. The van der Waals surface area contributed by atoms with Gasteiger partial charge < -0.3 is 10.2 Å². The molecule has 0 aromatic carbocycles. The van der Waals surface area contributed by atoms with E-state index in [-0.39, 0.29) is 5.41 Å². The van der Waals surface area contributed by atoms with Gasteiger partial charge in [-0.1, -0.05) is 6.42 Å². The minimum atomic E-state index is 0.146. The molecule has 0 unspecified atom stereocenters. The molecule has 1 aliphatic heterocycles. The van der Waals surface area contributed by atoms with E-state index in [1.165, 1.54) is 71.0 Å². The van der Waals surface area contributed by atoms with Crippen molar-refractivity contribution in [1.82, 2.24) is 10.2 Å². The lowest BCUT2D eigenvalue weighted by atomic mass is 9.48. The van der Waals surface area contributed by atoms with Gasteiger partial charge in [-0.05, 0) is 75.7 Å². The Hall–Kier alpha value is -0.410. The largest absolute Gasteiger partial charge is 0.314 e. The molecule has 5 rings (SSSR count). The number of hydrogen-bond donors (Lipinski definition) is 1. The number of carbonyl (C=O) groups excluding carboxylic acids is 1. The van der Waals surface area contributed by atoms with Crippen molar-refractivity contribution in [3.05, 3.63) is 0 Å². The molecule has 3 heteroatoms. The van der Waals surface area contributed by atoms with E-state index < -0.39 is 0 Å². The summed E-state index contributed by atoms with van der Waals surface area (Å²) in [6, 6.07) is 0. The van der Waals surface area contributed by atoms with Crippen LogP contribution in [0.3, 0.4) is 0 Å². The van der Waals surface area contributed by atoms with E-state index in [4.69, 9.17) is 0 Å². The maximum absolute atomic E-state index is 12.9. The summed E-state index contributed by atoms with van der Waals surface area (Å²) in [5, 5.41) is 3.41. The number of Topliss-reactive ketones (excluding diaryl/α,β-unsaturated/α-hetero) is 1. The van der Waals surface area contributed by atoms with Crippen LogP contribution in [0.5, 0.6) is 0 Å². The fourth-order valence-corrected chi connectivity index (χ4v) is 6.45. The van der Waals surface area contributed by atoms with Gasteiger partial charge in [-0.15, -0.1) is 0 Å². The van der Waals surface area contributed by atoms with Crippen molar-refractivity contribution in [2.24, 2.45) is 23.2 Å². The van der Waals surface area contributed by atoms with Crippen LogP contribution in [0.1, 0.15) is 64.2 Å². The molecule has 0 aromatic heterocycles. The van der Waals surface area contributed by atoms with Crippen LogP contribution in [0.15, 0.2) is 0 Å². The van der Waals surface area contributed by atoms with Crippen molar-refractivity contribution in [2.45, 2.75) is 64.2 Å². The molecule has 1 saturated heterocycles. The van der Waals surface area contributed by atoms with Gasteiger partial charge in [0.2, 0.25) is 0 Å². The monoisotopic (exact) mass is 318 g/mol. The average Bonchev–Trinajstić information content (AvgIpc) is 2.54. The van der Waals surface area contributed by atoms with Crippen molar-refractivity contribution in [3.8, 4) is 0 Å². The van der Waals surface area contributed by atoms with Gasteiger partial charge in [-0.25, -0.2) is 0 Å². The van der Waals surface area contributed by atoms with E-state index in [1.54, 1.807) is 0 Å². The molecule has 130 valence electrons. The number of nitrogens with one attached hydrogen (secondary N) is 1. The number of unbranched alkanes of at least 4 members (excludes halogenated alkanes) is 2. The van der Waals surface area contributed by atoms with Gasteiger partial charge in [0.1, 0.15) is 5.78 Å². The highest BCUT2D eigenvalue weighted by molar-refractivity contribution is 5.85. The van der Waals surface area contributed by atoms with E-state index in [0.29, 0.717) is 5.78 Å². The third kappa shape index (κ3) is 3.51. The number of rotatable bonds is 7. The summed E-state index contributed by atoms with van der Waals surface area (Å²) in [6.45, 7) is 5.92. The van der Waals surface area contributed by atoms with Crippen molar-refractivity contribution in [3.63, 3.8) is 0 Å². The Bertz CT molecular complexity index is 392. The first kappa shape index (κ1) is 16.1. The quantitative estimate of drug-likeness (QED) is 0.732. The molecule has 0 atom stereocenters. The summed E-state index contributed by atoms with van der Waals surface area (Å²) in [5.41, 5.74) is 0.146. The highest BCUT2D eigenvalue weighted by Gasteiger charge is 2.53. The molecular formula is C20H34N2O.